The molecule has 2 saturated carbocycles. The van der Waals surface area contributed by atoms with Gasteiger partial charge >= 0.3 is 5.97 Å². The van der Waals surface area contributed by atoms with Gasteiger partial charge in [-0.15, -0.1) is 0 Å². The van der Waals surface area contributed by atoms with E-state index >= 15 is 0 Å². The Morgan fingerprint density at radius 2 is 2.12 bits per heavy atom. The number of phenols is 1. The number of aliphatic hydroxyl groups is 1. The van der Waals surface area contributed by atoms with E-state index in [9.17, 15) is 15.0 Å². The Hall–Kier alpha value is -1.55. The van der Waals surface area contributed by atoms with E-state index in [4.69, 9.17) is 5.11 Å². The van der Waals surface area contributed by atoms with Crippen LogP contribution in [0.3, 0.4) is 0 Å². The van der Waals surface area contributed by atoms with Crippen LogP contribution in [0.4, 0.5) is 0 Å². The highest BCUT2D eigenvalue weighted by molar-refractivity contribution is 5.67. The maximum absolute atomic E-state index is 11.2. The summed E-state index contributed by atoms with van der Waals surface area (Å²) in [4.78, 5) is 11.2. The van der Waals surface area contributed by atoms with Crippen molar-refractivity contribution in [1.29, 1.82) is 0 Å². The van der Waals surface area contributed by atoms with Crippen molar-refractivity contribution < 1.29 is 20.1 Å². The van der Waals surface area contributed by atoms with Crippen molar-refractivity contribution in [3.8, 4) is 5.75 Å². The van der Waals surface area contributed by atoms with Gasteiger partial charge in [-0.3, -0.25) is 4.79 Å². The molecule has 1 aromatic rings. The number of carboxylic acids is 1. The van der Waals surface area contributed by atoms with E-state index in [0.29, 0.717) is 23.5 Å². The van der Waals surface area contributed by atoms with E-state index in [1.165, 1.54) is 11.1 Å². The van der Waals surface area contributed by atoms with Crippen molar-refractivity contribution in [3.05, 3.63) is 29.3 Å². The number of aliphatic hydroxyl groups excluding tert-OH is 1. The average Bonchev–Trinajstić information content (AvgIpc) is 2.78. The monoisotopic (exact) mass is 330 g/mol. The number of carboxylic acid groups (broad SMARTS) is 1. The average molecular weight is 330 g/mol. The summed E-state index contributed by atoms with van der Waals surface area (Å²) in [5, 5.41) is 29.7. The zero-order valence-corrected chi connectivity index (χ0v) is 14.1. The van der Waals surface area contributed by atoms with Gasteiger partial charge in [0.05, 0.1) is 12.5 Å². The minimum atomic E-state index is -0.803. The maximum atomic E-state index is 11.2. The third-order valence-electron chi connectivity index (χ3n) is 7.26. The first-order valence-corrected chi connectivity index (χ1v) is 9.12. The fourth-order valence-electron chi connectivity index (χ4n) is 6.14. The van der Waals surface area contributed by atoms with Crippen LogP contribution in [0.5, 0.6) is 5.75 Å². The van der Waals surface area contributed by atoms with Crippen LogP contribution in [-0.2, 0) is 11.2 Å². The standard InChI is InChI=1S/C20H26O4/c1-20-7-6-15-14-5-3-13(21)8-11(14)2-4-16(15)17(20)9-12(19(20)24)10-18(22)23/h3,5,8,12,15-17,19,21,24H,2,4,6-7,9-10H2,1H3,(H,22,23)/t12?,15?,16?,17?,19-,20-/m0/s1. The molecule has 0 spiro atoms. The van der Waals surface area contributed by atoms with Crippen molar-refractivity contribution in [1.82, 2.24) is 0 Å². The van der Waals surface area contributed by atoms with Crippen LogP contribution >= 0.6 is 0 Å². The summed E-state index contributed by atoms with van der Waals surface area (Å²) in [6.07, 6.45) is 4.46. The van der Waals surface area contributed by atoms with Gasteiger partial charge in [0, 0.05) is 0 Å². The Bertz CT molecular complexity index is 670. The molecule has 0 amide bonds. The molecule has 2 fully saturated rings. The molecule has 0 bridgehead atoms. The SMILES string of the molecule is C[C@]12CCC3c4ccc(O)cc4CCC3C1CC(CC(=O)O)[C@@H]2O. The van der Waals surface area contributed by atoms with Gasteiger partial charge < -0.3 is 15.3 Å². The van der Waals surface area contributed by atoms with E-state index in [-0.39, 0.29) is 17.8 Å². The van der Waals surface area contributed by atoms with Gasteiger partial charge in [0.15, 0.2) is 0 Å². The predicted molar refractivity (Wildman–Crippen MR) is 89.9 cm³/mol. The molecule has 0 heterocycles. The number of aliphatic carboxylic acids is 1. The van der Waals surface area contributed by atoms with Gasteiger partial charge in [0.1, 0.15) is 5.75 Å². The van der Waals surface area contributed by atoms with Gasteiger partial charge in [0.25, 0.3) is 0 Å². The first-order valence-electron chi connectivity index (χ1n) is 9.12. The number of rotatable bonds is 2. The molecule has 4 nitrogen and oxygen atoms in total. The summed E-state index contributed by atoms with van der Waals surface area (Å²) in [6, 6.07) is 5.76. The molecule has 0 aromatic heterocycles. The van der Waals surface area contributed by atoms with Crippen molar-refractivity contribution in [2.24, 2.45) is 23.2 Å². The van der Waals surface area contributed by atoms with Crippen molar-refractivity contribution in [2.75, 3.05) is 0 Å². The number of benzene rings is 1. The number of aryl methyl sites for hydroxylation is 1. The Balaban J connectivity index is 1.65. The summed E-state index contributed by atoms with van der Waals surface area (Å²) in [6.45, 7) is 2.17. The first-order chi connectivity index (χ1) is 11.4. The predicted octanol–water partition coefficient (Wildman–Crippen LogP) is 3.31. The molecule has 3 aliphatic carbocycles. The third kappa shape index (κ3) is 2.26. The minimum Gasteiger partial charge on any atom is -0.508 e. The lowest BCUT2D eigenvalue weighted by Gasteiger charge is -2.50. The largest absolute Gasteiger partial charge is 0.508 e. The minimum absolute atomic E-state index is 0.0785. The highest BCUT2D eigenvalue weighted by Crippen LogP contribution is 2.62. The summed E-state index contributed by atoms with van der Waals surface area (Å²) in [7, 11) is 0. The lowest BCUT2D eigenvalue weighted by molar-refractivity contribution is -0.139. The molecule has 0 saturated heterocycles. The van der Waals surface area contributed by atoms with E-state index in [0.717, 1.165) is 32.1 Å². The van der Waals surface area contributed by atoms with Crippen LogP contribution < -0.4 is 0 Å². The molecule has 130 valence electrons. The van der Waals surface area contributed by atoms with Crippen LogP contribution in [0.15, 0.2) is 18.2 Å². The first kappa shape index (κ1) is 15.9. The zero-order chi connectivity index (χ0) is 17.1. The fourth-order valence-corrected chi connectivity index (χ4v) is 6.14. The Morgan fingerprint density at radius 3 is 2.88 bits per heavy atom. The van der Waals surface area contributed by atoms with E-state index < -0.39 is 12.1 Å². The summed E-state index contributed by atoms with van der Waals surface area (Å²) in [5.74, 6) is 0.834. The quantitative estimate of drug-likeness (QED) is 0.777. The number of phenolic OH excluding ortho intramolecular Hbond substituents is 1. The molecule has 24 heavy (non-hydrogen) atoms. The second-order valence-corrected chi connectivity index (χ2v) is 8.38. The van der Waals surface area contributed by atoms with Gasteiger partial charge in [-0.1, -0.05) is 13.0 Å². The van der Waals surface area contributed by atoms with E-state index in [1.807, 2.05) is 6.07 Å². The lowest BCUT2D eigenvalue weighted by atomic mass is 9.55. The Labute approximate surface area is 142 Å². The number of hydrogen-bond acceptors (Lipinski definition) is 3. The van der Waals surface area contributed by atoms with Crippen LogP contribution in [0.2, 0.25) is 0 Å². The Morgan fingerprint density at radius 1 is 1.33 bits per heavy atom. The molecule has 4 rings (SSSR count). The van der Waals surface area contributed by atoms with Gasteiger partial charge in [-0.05, 0) is 84.5 Å². The molecular formula is C20H26O4. The second-order valence-electron chi connectivity index (χ2n) is 8.38. The second kappa shape index (κ2) is 5.48. The van der Waals surface area contributed by atoms with Gasteiger partial charge in [0.2, 0.25) is 0 Å². The van der Waals surface area contributed by atoms with E-state index in [1.54, 1.807) is 6.07 Å². The molecule has 6 atom stereocenters. The number of hydrogen-bond donors (Lipinski definition) is 3. The van der Waals surface area contributed by atoms with Crippen molar-refractivity contribution in [3.63, 3.8) is 0 Å². The number of fused-ring (bicyclic) bond motifs is 5. The third-order valence-corrected chi connectivity index (χ3v) is 7.26. The summed E-state index contributed by atoms with van der Waals surface area (Å²) in [5.41, 5.74) is 2.48. The Kier molecular flexibility index (Phi) is 3.64. The zero-order valence-electron chi connectivity index (χ0n) is 14.1. The molecule has 3 N–H and O–H groups in total. The van der Waals surface area contributed by atoms with Crippen LogP contribution in [-0.4, -0.2) is 27.4 Å². The normalized spacial score (nSPS) is 40.5. The highest BCUT2D eigenvalue weighted by atomic mass is 16.4. The lowest BCUT2D eigenvalue weighted by Crippen LogP contribution is -2.44. The molecule has 4 heteroatoms. The highest BCUT2D eigenvalue weighted by Gasteiger charge is 2.58. The van der Waals surface area contributed by atoms with Gasteiger partial charge in [-0.2, -0.15) is 0 Å². The van der Waals surface area contributed by atoms with Crippen LogP contribution in [0.1, 0.15) is 56.1 Å². The molecular weight excluding hydrogens is 304 g/mol. The molecule has 1 aromatic carbocycles. The molecule has 0 radical (unpaired) electrons. The number of carbonyl (C=O) groups is 1. The van der Waals surface area contributed by atoms with Crippen molar-refractivity contribution in [2.45, 2.75) is 57.5 Å². The summed E-state index contributed by atoms with van der Waals surface area (Å²) >= 11 is 0. The van der Waals surface area contributed by atoms with Crippen LogP contribution in [0.25, 0.3) is 0 Å². The van der Waals surface area contributed by atoms with Crippen molar-refractivity contribution >= 4 is 5.97 Å². The molecule has 4 unspecified atom stereocenters. The molecule has 0 aliphatic heterocycles. The van der Waals surface area contributed by atoms with E-state index in [2.05, 4.69) is 13.0 Å². The summed E-state index contributed by atoms with van der Waals surface area (Å²) < 4.78 is 0. The van der Waals surface area contributed by atoms with Gasteiger partial charge in [-0.25, -0.2) is 0 Å². The molecule has 3 aliphatic rings. The number of aromatic hydroxyl groups is 1. The maximum Gasteiger partial charge on any atom is 0.303 e. The topological polar surface area (TPSA) is 77.8 Å². The fraction of sp³-hybridized carbons (Fsp3) is 0.650. The van der Waals surface area contributed by atoms with Crippen LogP contribution in [0, 0.1) is 23.2 Å². The smallest absolute Gasteiger partial charge is 0.303 e.